The Labute approximate surface area is 115 Å². The molecule has 0 bridgehead atoms. The zero-order valence-corrected chi connectivity index (χ0v) is 11.5. The van der Waals surface area contributed by atoms with Gasteiger partial charge in [0.2, 0.25) is 0 Å². The normalized spacial score (nSPS) is 22.5. The third-order valence-electron chi connectivity index (χ3n) is 3.12. The Morgan fingerprint density at radius 3 is 2.74 bits per heavy atom. The number of carbonyl (C=O) groups excluding carboxylic acids is 1. The highest BCUT2D eigenvalue weighted by molar-refractivity contribution is 8.00. The average Bonchev–Trinajstić information content (AvgIpc) is 2.73. The van der Waals surface area contributed by atoms with Gasteiger partial charge in [0.05, 0.1) is 10.9 Å². The number of hydrogen-bond donors (Lipinski definition) is 2. The first-order chi connectivity index (χ1) is 8.91. The summed E-state index contributed by atoms with van der Waals surface area (Å²) >= 11 is 1.42. The van der Waals surface area contributed by atoms with Crippen molar-refractivity contribution in [3.8, 4) is 5.75 Å². The molecule has 0 radical (unpaired) electrons. The van der Waals surface area contributed by atoms with Gasteiger partial charge in [0.1, 0.15) is 11.8 Å². The molecule has 1 fully saturated rings. The van der Waals surface area contributed by atoms with Gasteiger partial charge in [-0.3, -0.25) is 4.79 Å². The van der Waals surface area contributed by atoms with E-state index in [1.165, 1.54) is 22.7 Å². The number of phenolic OH excluding ortho intramolecular Hbond substituents is 1. The van der Waals surface area contributed by atoms with E-state index in [-0.39, 0.29) is 16.7 Å². The zero-order valence-electron chi connectivity index (χ0n) is 10.7. The minimum absolute atomic E-state index is 0.121. The van der Waals surface area contributed by atoms with Gasteiger partial charge in [0.15, 0.2) is 0 Å². The van der Waals surface area contributed by atoms with Gasteiger partial charge in [0.25, 0.3) is 5.91 Å². The number of aromatic hydroxyl groups is 1. The fourth-order valence-corrected chi connectivity index (χ4v) is 3.27. The van der Waals surface area contributed by atoms with Crippen LogP contribution >= 0.6 is 11.8 Å². The van der Waals surface area contributed by atoms with Gasteiger partial charge in [-0.05, 0) is 26.0 Å². The second-order valence-corrected chi connectivity index (χ2v) is 5.87. The van der Waals surface area contributed by atoms with Crippen LogP contribution in [0.15, 0.2) is 18.2 Å². The monoisotopic (exact) mass is 281 g/mol. The van der Waals surface area contributed by atoms with Crippen molar-refractivity contribution in [2.45, 2.75) is 25.3 Å². The molecule has 1 aromatic carbocycles. The summed E-state index contributed by atoms with van der Waals surface area (Å²) in [5, 5.41) is 18.7. The van der Waals surface area contributed by atoms with Gasteiger partial charge < -0.3 is 15.1 Å². The summed E-state index contributed by atoms with van der Waals surface area (Å²) in [5.41, 5.74) is 0.994. The Kier molecular flexibility index (Phi) is 3.71. The van der Waals surface area contributed by atoms with Crippen molar-refractivity contribution in [3.05, 3.63) is 29.3 Å². The highest BCUT2D eigenvalue weighted by atomic mass is 32.2. The molecule has 1 amide bonds. The van der Waals surface area contributed by atoms with Gasteiger partial charge in [-0.2, -0.15) is 0 Å². The maximum absolute atomic E-state index is 12.4. The average molecular weight is 281 g/mol. The van der Waals surface area contributed by atoms with Crippen LogP contribution in [0.2, 0.25) is 0 Å². The molecule has 0 saturated carbocycles. The molecule has 5 nitrogen and oxygen atoms in total. The SMILES string of the molecule is Cc1ccc(O)c(C(=O)N2C(C)SCC2C(=O)O)c1. The summed E-state index contributed by atoms with van der Waals surface area (Å²) in [6, 6.07) is 3.88. The van der Waals surface area contributed by atoms with E-state index >= 15 is 0 Å². The molecule has 0 spiro atoms. The molecule has 6 heteroatoms. The van der Waals surface area contributed by atoms with Crippen molar-refractivity contribution < 1.29 is 19.8 Å². The first-order valence-electron chi connectivity index (χ1n) is 5.88. The van der Waals surface area contributed by atoms with Crippen LogP contribution in [-0.2, 0) is 4.79 Å². The molecule has 1 aliphatic rings. The molecule has 0 aliphatic carbocycles. The second kappa shape index (κ2) is 5.13. The molecular formula is C13H15NO4S. The van der Waals surface area contributed by atoms with E-state index in [1.807, 2.05) is 6.92 Å². The van der Waals surface area contributed by atoms with E-state index in [0.717, 1.165) is 5.56 Å². The quantitative estimate of drug-likeness (QED) is 0.862. The number of hydrogen-bond acceptors (Lipinski definition) is 4. The van der Waals surface area contributed by atoms with Crippen LogP contribution in [0.25, 0.3) is 0 Å². The number of amides is 1. The predicted molar refractivity (Wildman–Crippen MR) is 72.4 cm³/mol. The molecule has 19 heavy (non-hydrogen) atoms. The first kappa shape index (κ1) is 13.7. The van der Waals surface area contributed by atoms with Crippen molar-refractivity contribution in [2.24, 2.45) is 0 Å². The summed E-state index contributed by atoms with van der Waals surface area (Å²) in [5.74, 6) is -1.21. The molecule has 2 rings (SSSR count). The topological polar surface area (TPSA) is 77.8 Å². The number of nitrogens with zero attached hydrogens (tertiary/aromatic N) is 1. The molecule has 2 N–H and O–H groups in total. The van der Waals surface area contributed by atoms with Crippen LogP contribution in [0, 0.1) is 6.92 Å². The second-order valence-electron chi connectivity index (χ2n) is 4.52. The van der Waals surface area contributed by atoms with Crippen molar-refractivity contribution in [2.75, 3.05) is 5.75 Å². The highest BCUT2D eigenvalue weighted by Crippen LogP contribution is 2.32. The Morgan fingerprint density at radius 1 is 1.42 bits per heavy atom. The smallest absolute Gasteiger partial charge is 0.327 e. The standard InChI is InChI=1S/C13H15NO4S/c1-7-3-4-11(15)9(5-7)12(16)14-8(2)19-6-10(14)13(17)18/h3-5,8,10,15H,6H2,1-2H3,(H,17,18). The fourth-order valence-electron chi connectivity index (χ4n) is 2.10. The maximum atomic E-state index is 12.4. The van der Waals surface area contributed by atoms with E-state index in [9.17, 15) is 14.7 Å². The Morgan fingerprint density at radius 2 is 2.11 bits per heavy atom. The number of carboxylic acids is 1. The number of aliphatic carboxylic acids is 1. The lowest BCUT2D eigenvalue weighted by molar-refractivity contribution is -0.141. The van der Waals surface area contributed by atoms with Crippen molar-refractivity contribution in [3.63, 3.8) is 0 Å². The number of rotatable bonds is 2. The zero-order chi connectivity index (χ0) is 14.2. The van der Waals surface area contributed by atoms with E-state index in [2.05, 4.69) is 0 Å². The highest BCUT2D eigenvalue weighted by Gasteiger charge is 2.40. The molecule has 1 heterocycles. The molecule has 1 saturated heterocycles. The van der Waals surface area contributed by atoms with Crippen LogP contribution in [0.1, 0.15) is 22.8 Å². The number of phenols is 1. The summed E-state index contributed by atoms with van der Waals surface area (Å²) < 4.78 is 0. The van der Waals surface area contributed by atoms with Gasteiger partial charge in [-0.25, -0.2) is 4.79 Å². The van der Waals surface area contributed by atoms with Crippen molar-refractivity contribution in [1.29, 1.82) is 0 Å². The number of benzene rings is 1. The summed E-state index contributed by atoms with van der Waals surface area (Å²) in [6.45, 7) is 3.60. The summed E-state index contributed by atoms with van der Waals surface area (Å²) in [4.78, 5) is 24.9. The molecule has 1 aromatic rings. The van der Waals surface area contributed by atoms with Crippen LogP contribution < -0.4 is 0 Å². The van der Waals surface area contributed by atoms with Crippen LogP contribution in [0.5, 0.6) is 5.75 Å². The van der Waals surface area contributed by atoms with Crippen molar-refractivity contribution in [1.82, 2.24) is 4.90 Å². The Balaban J connectivity index is 2.37. The van der Waals surface area contributed by atoms with Crippen LogP contribution in [-0.4, -0.2) is 44.2 Å². The van der Waals surface area contributed by atoms with Gasteiger partial charge >= 0.3 is 5.97 Å². The molecule has 0 aromatic heterocycles. The lowest BCUT2D eigenvalue weighted by atomic mass is 10.1. The number of carboxylic acid groups (broad SMARTS) is 1. The first-order valence-corrected chi connectivity index (χ1v) is 6.93. The maximum Gasteiger partial charge on any atom is 0.327 e. The van der Waals surface area contributed by atoms with E-state index in [1.54, 1.807) is 19.1 Å². The van der Waals surface area contributed by atoms with Gasteiger partial charge in [0, 0.05) is 5.75 Å². The fraction of sp³-hybridized carbons (Fsp3) is 0.385. The van der Waals surface area contributed by atoms with Crippen molar-refractivity contribution >= 4 is 23.6 Å². The summed E-state index contributed by atoms with van der Waals surface area (Å²) in [6.07, 6.45) is 0. The molecule has 2 unspecified atom stereocenters. The number of thioether (sulfide) groups is 1. The van der Waals surface area contributed by atoms with E-state index < -0.39 is 17.9 Å². The minimum atomic E-state index is -1.02. The number of carbonyl (C=O) groups is 2. The van der Waals surface area contributed by atoms with Crippen LogP contribution in [0.4, 0.5) is 0 Å². The Bertz CT molecular complexity index is 531. The van der Waals surface area contributed by atoms with Gasteiger partial charge in [-0.15, -0.1) is 11.8 Å². The molecule has 2 atom stereocenters. The van der Waals surface area contributed by atoms with Crippen LogP contribution in [0.3, 0.4) is 0 Å². The lowest BCUT2D eigenvalue weighted by Gasteiger charge is -2.25. The third-order valence-corrected chi connectivity index (χ3v) is 4.34. The molecule has 1 aliphatic heterocycles. The van der Waals surface area contributed by atoms with E-state index in [0.29, 0.717) is 5.75 Å². The summed E-state index contributed by atoms with van der Waals surface area (Å²) in [7, 11) is 0. The molecular weight excluding hydrogens is 266 g/mol. The Hall–Kier alpha value is -1.69. The van der Waals surface area contributed by atoms with E-state index in [4.69, 9.17) is 5.11 Å². The number of aryl methyl sites for hydroxylation is 1. The van der Waals surface area contributed by atoms with Gasteiger partial charge in [-0.1, -0.05) is 11.6 Å². The predicted octanol–water partition coefficient (Wildman–Crippen LogP) is 1.69. The third kappa shape index (κ3) is 2.53. The molecule has 102 valence electrons. The minimum Gasteiger partial charge on any atom is -0.507 e. The largest absolute Gasteiger partial charge is 0.507 e. The lowest BCUT2D eigenvalue weighted by Crippen LogP contribution is -2.44.